The molecule has 0 spiro atoms. The molecule has 42 valence electrons. The van der Waals surface area contributed by atoms with Crippen LogP contribution in [0.1, 0.15) is 13.8 Å². The third-order valence-corrected chi connectivity index (χ3v) is 0.303. The van der Waals surface area contributed by atoms with Crippen molar-refractivity contribution in [2.45, 2.75) is 13.8 Å². The Balaban J connectivity index is 0. The Hall–Kier alpha value is -1.86. The molecule has 0 aliphatic rings. The third kappa shape index (κ3) is 4.14. The van der Waals surface area contributed by atoms with Gasteiger partial charge in [0.1, 0.15) is 0 Å². The first kappa shape index (κ1) is 9.46. The van der Waals surface area contributed by atoms with E-state index in [1.807, 2.05) is 13.8 Å². The minimum atomic E-state index is 0. The molecule has 1 aromatic heterocycles. The van der Waals surface area contributed by atoms with Crippen LogP contribution in [0.4, 0.5) is 0 Å². The molecule has 0 unspecified atom stereocenters. The Bertz CT molecular complexity index is 67.8. The number of hydrogen-bond acceptors (Lipinski definition) is 2. The van der Waals surface area contributed by atoms with Crippen molar-refractivity contribution < 1.29 is 0 Å². The second-order valence-corrected chi connectivity index (χ2v) is 0.611. The van der Waals surface area contributed by atoms with Crippen LogP contribution in [0.2, 0.25) is 0 Å². The molecule has 1 heterocycles. The fourth-order valence-corrected chi connectivity index (χ4v) is 0.149. The van der Waals surface area contributed by atoms with Crippen LogP contribution in [0, 0.1) is 0 Å². The Morgan fingerprint density at radius 1 is 1.38 bits per heavy atom. The summed E-state index contributed by atoms with van der Waals surface area (Å²) in [5, 5.41) is 6.72. The number of aromatic nitrogens is 3. The minimum Gasteiger partial charge on any atom is -0.432 e. The molecule has 0 atom stereocenters. The van der Waals surface area contributed by atoms with E-state index in [2.05, 4.69) is 15.2 Å². The standard InChI is InChI=1S/C2H2N3.C2H6.Rf/c1-3-2-5-4-1;1-2;/h1-2H;1-2H3;/q-1;;. The maximum atomic E-state index is 3.50. The zero-order valence-corrected chi connectivity index (χ0v) is 11.6. The molecule has 8 heavy (non-hydrogen) atoms. The first-order valence-electron chi connectivity index (χ1n) is 2.23. The zero-order valence-electron chi connectivity index (χ0n) is 5.20. The van der Waals surface area contributed by atoms with E-state index >= 15 is 0 Å². The first-order chi connectivity index (χ1) is 3.50. The van der Waals surface area contributed by atoms with Gasteiger partial charge in [0.25, 0.3) is 0 Å². The van der Waals surface area contributed by atoms with Crippen LogP contribution in [-0.2, 0) is 0 Å². The van der Waals surface area contributed by atoms with Crippen molar-refractivity contribution in [1.82, 2.24) is 15.2 Å². The average molecular weight is 365 g/mol. The van der Waals surface area contributed by atoms with Crippen molar-refractivity contribution in [1.29, 1.82) is 0 Å². The molecule has 0 amide bonds. The molecule has 0 saturated carbocycles. The van der Waals surface area contributed by atoms with Crippen molar-refractivity contribution in [3.05, 3.63) is 12.7 Å². The topological polar surface area (TPSA) is 39.9 Å². The van der Waals surface area contributed by atoms with Crippen LogP contribution in [0.3, 0.4) is 0 Å². The van der Waals surface area contributed by atoms with E-state index in [4.69, 9.17) is 0 Å². The van der Waals surface area contributed by atoms with Gasteiger partial charge in [0.15, 0.2) is 0 Å². The Morgan fingerprint density at radius 2 is 2.00 bits per heavy atom. The molecule has 0 aromatic carbocycles. The van der Waals surface area contributed by atoms with E-state index in [9.17, 15) is 0 Å². The maximum absolute atomic E-state index is 3.50. The van der Waals surface area contributed by atoms with Gasteiger partial charge in [-0.2, -0.15) is 0 Å². The van der Waals surface area contributed by atoms with E-state index in [-0.39, 0.29) is 0 Å². The zero-order chi connectivity index (χ0) is 5.54. The number of nitrogens with zero attached hydrogens (tertiary/aromatic N) is 3. The van der Waals surface area contributed by atoms with E-state index < -0.39 is 0 Å². The molecule has 0 bridgehead atoms. The van der Waals surface area contributed by atoms with Gasteiger partial charge in [-0.3, -0.25) is 5.10 Å². The largest absolute Gasteiger partial charge is 0.432 e. The van der Waals surface area contributed by atoms with E-state index in [1.165, 1.54) is 12.7 Å². The molecule has 4 heteroatoms. The maximum Gasteiger partial charge on any atom is 0.0119 e. The van der Waals surface area contributed by atoms with Crippen LogP contribution in [0.25, 0.3) is 0 Å². The fraction of sp³-hybridized carbons (Fsp3) is 0.500. The van der Waals surface area contributed by atoms with Crippen molar-refractivity contribution in [3.8, 4) is 0 Å². The second kappa shape index (κ2) is 8.94. The van der Waals surface area contributed by atoms with Crippen LogP contribution >= 0.6 is 0 Å². The Labute approximate surface area is 42.8 Å². The normalized spacial score (nSPS) is 5.75. The molecule has 0 aliphatic heterocycles. The van der Waals surface area contributed by atoms with Crippen molar-refractivity contribution in [3.63, 3.8) is 0 Å². The quantitative estimate of drug-likeness (QED) is 0.671. The van der Waals surface area contributed by atoms with Gasteiger partial charge in [0.2, 0.25) is 0 Å². The SMILES string of the molecule is CC.[Rf].c1nc[n-]n1. The van der Waals surface area contributed by atoms with Crippen LogP contribution in [0.15, 0.2) is 12.7 Å². The summed E-state index contributed by atoms with van der Waals surface area (Å²) in [6.45, 7) is 4.00. The molecule has 0 aliphatic carbocycles. The van der Waals surface area contributed by atoms with E-state index in [0.29, 0.717) is 0 Å². The third-order valence-electron chi connectivity index (χ3n) is 0.303. The van der Waals surface area contributed by atoms with Crippen LogP contribution in [0.5, 0.6) is 0 Å². The van der Waals surface area contributed by atoms with E-state index in [0.717, 1.165) is 0 Å². The van der Waals surface area contributed by atoms with Gasteiger partial charge < -0.3 is 10.1 Å². The smallest absolute Gasteiger partial charge is 0.0119 e. The predicted octanol–water partition coefficient (Wildman–Crippen LogP) is 0.460. The van der Waals surface area contributed by atoms with Crippen molar-refractivity contribution in [2.24, 2.45) is 0 Å². The van der Waals surface area contributed by atoms with Gasteiger partial charge in [-0.1, -0.05) is 20.2 Å². The summed E-state index contributed by atoms with van der Waals surface area (Å²) in [4.78, 5) is 3.50. The molecular formula is C4H8N3Rf-. The number of hydrogen-bond donors (Lipinski definition) is 0. The van der Waals surface area contributed by atoms with Crippen LogP contribution < -0.4 is 5.10 Å². The second-order valence-electron chi connectivity index (χ2n) is 0.611. The molecule has 0 fully saturated rings. The van der Waals surface area contributed by atoms with Crippen LogP contribution in [-0.4, -0.2) is 10.1 Å². The summed E-state index contributed by atoms with van der Waals surface area (Å²) in [6.07, 6.45) is 2.78. The van der Waals surface area contributed by atoms with Crippen molar-refractivity contribution >= 4 is 0 Å². The molecule has 0 N–H and O–H groups in total. The summed E-state index contributed by atoms with van der Waals surface area (Å²) in [6, 6.07) is 0. The summed E-state index contributed by atoms with van der Waals surface area (Å²) in [7, 11) is 0. The van der Waals surface area contributed by atoms with E-state index in [1.54, 1.807) is 0 Å². The number of rotatable bonds is 0. The molecule has 1 rings (SSSR count). The average Bonchev–Trinajstić information content (AvgIpc) is 2.23. The summed E-state index contributed by atoms with van der Waals surface area (Å²) in [5.74, 6) is 0. The Kier molecular flexibility index (Phi) is 10.6. The molecule has 3 nitrogen and oxygen atoms in total. The monoisotopic (exact) mass is 365 g/mol. The van der Waals surface area contributed by atoms with Gasteiger partial charge >= 0.3 is 0 Å². The minimum absolute atomic E-state index is 0. The fourth-order valence-electron chi connectivity index (χ4n) is 0.149. The Morgan fingerprint density at radius 3 is 2.12 bits per heavy atom. The van der Waals surface area contributed by atoms with Crippen molar-refractivity contribution in [2.75, 3.05) is 0 Å². The predicted molar refractivity (Wildman–Crippen MR) is 26.7 cm³/mol. The molecule has 0 saturated heterocycles. The molecular weight excluding hydrogens is 357 g/mol. The van der Waals surface area contributed by atoms with Gasteiger partial charge in [0.05, 0.1) is 0 Å². The molecule has 0 radical (unpaired) electrons. The van der Waals surface area contributed by atoms with Gasteiger partial charge in [-0.25, -0.2) is 0 Å². The van der Waals surface area contributed by atoms with Gasteiger partial charge in [-0.15, -0.1) is 0 Å². The first-order valence-corrected chi connectivity index (χ1v) is 2.23. The summed E-state index contributed by atoms with van der Waals surface area (Å²) in [5.41, 5.74) is 0. The molecule has 1 aromatic rings. The van der Waals surface area contributed by atoms with Gasteiger partial charge in [0, 0.05) is 6.33 Å². The summed E-state index contributed by atoms with van der Waals surface area (Å²) >= 11 is 0. The van der Waals surface area contributed by atoms with Gasteiger partial charge in [-0.05, 0) is 0 Å². The summed E-state index contributed by atoms with van der Waals surface area (Å²) < 4.78 is 0.